The molecule has 0 saturated heterocycles. The summed E-state index contributed by atoms with van der Waals surface area (Å²) in [6.07, 6.45) is 1.52. The van der Waals surface area contributed by atoms with Crippen LogP contribution < -0.4 is 20.1 Å². The molecule has 0 aliphatic rings. The van der Waals surface area contributed by atoms with E-state index in [4.69, 9.17) is 14.2 Å². The normalized spacial score (nSPS) is 10.1. The molecule has 1 heterocycles. The zero-order valence-corrected chi connectivity index (χ0v) is 18.2. The maximum Gasteiger partial charge on any atom is 0.342 e. The molecule has 2 amide bonds. The van der Waals surface area contributed by atoms with Crippen molar-refractivity contribution in [1.82, 2.24) is 10.3 Å². The largest absolute Gasteiger partial charge is 0.496 e. The predicted molar refractivity (Wildman–Crippen MR) is 121 cm³/mol. The molecule has 1 aromatic heterocycles. The second-order valence-corrected chi connectivity index (χ2v) is 6.64. The Morgan fingerprint density at radius 3 is 2.39 bits per heavy atom. The third kappa shape index (κ3) is 6.30. The number of amides is 2. The van der Waals surface area contributed by atoms with Crippen LogP contribution in [-0.4, -0.2) is 43.1 Å². The van der Waals surface area contributed by atoms with Crippen LogP contribution in [0.4, 0.5) is 11.5 Å². The number of aromatic nitrogens is 1. The van der Waals surface area contributed by atoms with E-state index in [2.05, 4.69) is 15.6 Å². The summed E-state index contributed by atoms with van der Waals surface area (Å²) < 4.78 is 15.6. The molecular formula is C24H23N3O6. The minimum Gasteiger partial charge on any atom is -0.496 e. The lowest BCUT2D eigenvalue weighted by atomic mass is 10.2. The van der Waals surface area contributed by atoms with Gasteiger partial charge in [0.15, 0.2) is 6.61 Å². The van der Waals surface area contributed by atoms with Crippen LogP contribution in [0.15, 0.2) is 66.9 Å². The van der Waals surface area contributed by atoms with Gasteiger partial charge in [0.25, 0.3) is 11.8 Å². The summed E-state index contributed by atoms with van der Waals surface area (Å²) in [6.45, 7) is 1.81. The van der Waals surface area contributed by atoms with Crippen LogP contribution in [0.1, 0.15) is 27.6 Å². The van der Waals surface area contributed by atoms with Gasteiger partial charge in [-0.15, -0.1) is 0 Å². The number of nitrogens with zero attached hydrogens (tertiary/aromatic N) is 1. The summed E-state index contributed by atoms with van der Waals surface area (Å²) in [5.41, 5.74) is 1.01. The van der Waals surface area contributed by atoms with Crippen molar-refractivity contribution >= 4 is 29.3 Å². The van der Waals surface area contributed by atoms with Gasteiger partial charge in [-0.3, -0.25) is 14.9 Å². The fourth-order valence-electron chi connectivity index (χ4n) is 2.88. The molecule has 0 fully saturated rings. The summed E-state index contributed by atoms with van der Waals surface area (Å²) in [4.78, 5) is 41.1. The molecule has 2 aromatic carbocycles. The van der Waals surface area contributed by atoms with Gasteiger partial charge in [-0.25, -0.2) is 9.78 Å². The molecule has 33 heavy (non-hydrogen) atoms. The molecule has 2 N–H and O–H groups in total. The van der Waals surface area contributed by atoms with E-state index in [0.717, 1.165) is 5.75 Å². The number of hydrogen-bond donors (Lipinski definition) is 2. The SMILES string of the molecule is CCOc1ccc(Nc2ncccc2C(=O)OCC(=O)NC(=O)c2ccccc2OC)cc1. The van der Waals surface area contributed by atoms with E-state index >= 15 is 0 Å². The van der Waals surface area contributed by atoms with Crippen molar-refractivity contribution in [3.8, 4) is 11.5 Å². The number of carbonyl (C=O) groups is 3. The highest BCUT2D eigenvalue weighted by molar-refractivity contribution is 6.07. The zero-order chi connectivity index (χ0) is 23.6. The molecule has 0 aliphatic heterocycles. The second kappa shape index (κ2) is 11.3. The lowest BCUT2D eigenvalue weighted by Gasteiger charge is -2.12. The number of ether oxygens (including phenoxy) is 3. The van der Waals surface area contributed by atoms with Gasteiger partial charge in [0, 0.05) is 11.9 Å². The van der Waals surface area contributed by atoms with Crippen LogP contribution in [-0.2, 0) is 9.53 Å². The van der Waals surface area contributed by atoms with Crippen molar-refractivity contribution in [1.29, 1.82) is 0 Å². The Balaban J connectivity index is 1.60. The topological polar surface area (TPSA) is 116 Å². The molecule has 0 atom stereocenters. The zero-order valence-electron chi connectivity index (χ0n) is 18.2. The van der Waals surface area contributed by atoms with Crippen LogP contribution >= 0.6 is 0 Å². The number of nitrogens with one attached hydrogen (secondary N) is 2. The van der Waals surface area contributed by atoms with Crippen molar-refractivity contribution in [2.45, 2.75) is 6.92 Å². The standard InChI is InChI=1S/C24H23N3O6/c1-3-32-17-12-10-16(11-13-17)26-22-19(8-6-14-25-22)24(30)33-15-21(28)27-23(29)18-7-4-5-9-20(18)31-2/h4-14H,3,15H2,1-2H3,(H,25,26)(H,27,28,29). The predicted octanol–water partition coefficient (Wildman–Crippen LogP) is 3.35. The minimum absolute atomic E-state index is 0.134. The van der Waals surface area contributed by atoms with E-state index in [0.29, 0.717) is 18.0 Å². The first-order chi connectivity index (χ1) is 16.0. The summed E-state index contributed by atoms with van der Waals surface area (Å²) in [7, 11) is 1.42. The summed E-state index contributed by atoms with van der Waals surface area (Å²) in [6, 6.07) is 16.7. The average Bonchev–Trinajstić information content (AvgIpc) is 2.84. The number of esters is 1. The number of methoxy groups -OCH3 is 1. The molecule has 0 saturated carbocycles. The van der Waals surface area contributed by atoms with Crippen LogP contribution in [0.25, 0.3) is 0 Å². The molecule has 0 bridgehead atoms. The van der Waals surface area contributed by atoms with Crippen LogP contribution in [0.3, 0.4) is 0 Å². The monoisotopic (exact) mass is 449 g/mol. The molecular weight excluding hydrogens is 426 g/mol. The molecule has 9 heteroatoms. The number of pyridine rings is 1. The highest BCUT2D eigenvalue weighted by Crippen LogP contribution is 2.22. The van der Waals surface area contributed by atoms with Gasteiger partial charge < -0.3 is 19.5 Å². The van der Waals surface area contributed by atoms with E-state index in [1.54, 1.807) is 48.5 Å². The molecule has 0 unspecified atom stereocenters. The smallest absolute Gasteiger partial charge is 0.342 e. The Labute approximate surface area is 190 Å². The Bertz CT molecular complexity index is 1130. The molecule has 170 valence electrons. The van der Waals surface area contributed by atoms with Gasteiger partial charge >= 0.3 is 5.97 Å². The quantitative estimate of drug-likeness (QED) is 0.478. The van der Waals surface area contributed by atoms with Crippen molar-refractivity contribution in [2.24, 2.45) is 0 Å². The molecule has 3 rings (SSSR count). The summed E-state index contributed by atoms with van der Waals surface area (Å²) in [5, 5.41) is 5.21. The van der Waals surface area contributed by atoms with Crippen LogP contribution in [0.2, 0.25) is 0 Å². The van der Waals surface area contributed by atoms with Gasteiger partial charge in [-0.2, -0.15) is 0 Å². The first-order valence-electron chi connectivity index (χ1n) is 10.1. The number of benzene rings is 2. The van der Waals surface area contributed by atoms with E-state index in [1.165, 1.54) is 25.4 Å². The van der Waals surface area contributed by atoms with E-state index in [9.17, 15) is 14.4 Å². The highest BCUT2D eigenvalue weighted by atomic mass is 16.5. The van der Waals surface area contributed by atoms with Gasteiger partial charge in [0.1, 0.15) is 22.9 Å². The van der Waals surface area contributed by atoms with Crippen molar-refractivity contribution in [2.75, 3.05) is 25.6 Å². The van der Waals surface area contributed by atoms with Crippen LogP contribution in [0, 0.1) is 0 Å². The van der Waals surface area contributed by atoms with Gasteiger partial charge in [0.2, 0.25) is 0 Å². The third-order valence-corrected chi connectivity index (χ3v) is 4.39. The molecule has 0 spiro atoms. The number of para-hydroxylation sites is 1. The number of carbonyl (C=O) groups excluding carboxylic acids is 3. The van der Waals surface area contributed by atoms with E-state index in [-0.39, 0.29) is 16.9 Å². The third-order valence-electron chi connectivity index (χ3n) is 4.39. The second-order valence-electron chi connectivity index (χ2n) is 6.64. The minimum atomic E-state index is -0.774. The maximum atomic E-state index is 12.5. The van der Waals surface area contributed by atoms with Gasteiger partial charge in [-0.05, 0) is 55.5 Å². The summed E-state index contributed by atoms with van der Waals surface area (Å²) in [5.74, 6) is -0.900. The molecule has 0 radical (unpaired) electrons. The Kier molecular flexibility index (Phi) is 7.96. The van der Waals surface area contributed by atoms with Crippen molar-refractivity contribution < 1.29 is 28.6 Å². The average molecular weight is 449 g/mol. The highest BCUT2D eigenvalue weighted by Gasteiger charge is 2.18. The Morgan fingerprint density at radius 1 is 0.939 bits per heavy atom. The Morgan fingerprint density at radius 2 is 1.67 bits per heavy atom. The molecule has 0 aliphatic carbocycles. The molecule has 3 aromatic rings. The first-order valence-corrected chi connectivity index (χ1v) is 10.1. The van der Waals surface area contributed by atoms with E-state index < -0.39 is 24.4 Å². The van der Waals surface area contributed by atoms with E-state index in [1.807, 2.05) is 6.92 Å². The number of rotatable bonds is 9. The number of anilines is 2. The van der Waals surface area contributed by atoms with Crippen molar-refractivity contribution in [3.05, 3.63) is 78.0 Å². The lowest BCUT2D eigenvalue weighted by molar-refractivity contribution is -0.123. The Hall–Kier alpha value is -4.40. The molecule has 9 nitrogen and oxygen atoms in total. The van der Waals surface area contributed by atoms with Gasteiger partial charge in [-0.1, -0.05) is 12.1 Å². The number of imide groups is 1. The van der Waals surface area contributed by atoms with Crippen LogP contribution in [0.5, 0.6) is 11.5 Å². The lowest BCUT2D eigenvalue weighted by Crippen LogP contribution is -2.34. The fraction of sp³-hybridized carbons (Fsp3) is 0.167. The first kappa shape index (κ1) is 23.3. The summed E-state index contributed by atoms with van der Waals surface area (Å²) >= 11 is 0. The van der Waals surface area contributed by atoms with Crippen molar-refractivity contribution in [3.63, 3.8) is 0 Å². The number of hydrogen-bond acceptors (Lipinski definition) is 8. The van der Waals surface area contributed by atoms with Gasteiger partial charge in [0.05, 0.1) is 19.3 Å². The maximum absolute atomic E-state index is 12.5. The fourth-order valence-corrected chi connectivity index (χ4v) is 2.88.